The van der Waals surface area contributed by atoms with Crippen molar-refractivity contribution in [1.82, 2.24) is 15.5 Å². The second kappa shape index (κ2) is 15.0. The van der Waals surface area contributed by atoms with Crippen molar-refractivity contribution in [3.05, 3.63) is 35.4 Å². The fourth-order valence-corrected chi connectivity index (χ4v) is 4.09. The van der Waals surface area contributed by atoms with Gasteiger partial charge in [0.05, 0.1) is 13.2 Å². The normalized spacial score (nSPS) is 20.5. The molecule has 0 radical (unpaired) electrons. The summed E-state index contributed by atoms with van der Waals surface area (Å²) in [5, 5.41) is 6.87. The molecule has 0 aliphatic carbocycles. The Hall–Kier alpha value is -0.900. The third-order valence-electron chi connectivity index (χ3n) is 6.19. The maximum absolute atomic E-state index is 5.77. The summed E-state index contributed by atoms with van der Waals surface area (Å²) in [6.45, 7) is 10.8. The lowest BCUT2D eigenvalue weighted by Crippen LogP contribution is -2.38. The van der Waals surface area contributed by atoms with Crippen molar-refractivity contribution in [2.45, 2.75) is 45.7 Å². The molecule has 0 spiro atoms. The van der Waals surface area contributed by atoms with E-state index in [9.17, 15) is 0 Å². The standard InChI is InChI=1S/C24H40N4O2.HI/c1-20-8-12-28(13-9-20)17-23-7-4-3-6-22(23)16-27-24(25-2)26-11-5-14-29-18-21-10-15-30-19-21;/h3-4,6-7,20-21H,5,8-19H2,1-2H3,(H2,25,26,27);1H. The van der Waals surface area contributed by atoms with E-state index in [1.807, 2.05) is 7.05 Å². The molecule has 176 valence electrons. The molecule has 3 rings (SSSR count). The van der Waals surface area contributed by atoms with Crippen LogP contribution in [0.3, 0.4) is 0 Å². The number of benzene rings is 1. The number of ether oxygens (including phenoxy) is 2. The summed E-state index contributed by atoms with van der Waals surface area (Å²) >= 11 is 0. The van der Waals surface area contributed by atoms with Crippen LogP contribution in [0.25, 0.3) is 0 Å². The van der Waals surface area contributed by atoms with Crippen LogP contribution in [0.1, 0.15) is 43.7 Å². The zero-order valence-corrected chi connectivity index (χ0v) is 21.6. The third kappa shape index (κ3) is 9.63. The Kier molecular flexibility index (Phi) is 12.8. The lowest BCUT2D eigenvalue weighted by molar-refractivity contribution is 0.0888. The summed E-state index contributed by atoms with van der Waals surface area (Å²) in [7, 11) is 1.83. The Morgan fingerprint density at radius 1 is 1.16 bits per heavy atom. The van der Waals surface area contributed by atoms with Gasteiger partial charge in [0.1, 0.15) is 0 Å². The highest BCUT2D eigenvalue weighted by Gasteiger charge is 2.17. The van der Waals surface area contributed by atoms with Gasteiger partial charge in [-0.3, -0.25) is 9.89 Å². The first-order valence-electron chi connectivity index (χ1n) is 11.6. The second-order valence-electron chi connectivity index (χ2n) is 8.74. The number of nitrogens with zero attached hydrogens (tertiary/aromatic N) is 2. The number of hydrogen-bond donors (Lipinski definition) is 2. The van der Waals surface area contributed by atoms with Gasteiger partial charge in [0.2, 0.25) is 0 Å². The molecule has 2 aliphatic heterocycles. The van der Waals surface area contributed by atoms with Crippen LogP contribution in [-0.2, 0) is 22.6 Å². The maximum atomic E-state index is 5.77. The molecule has 2 saturated heterocycles. The van der Waals surface area contributed by atoms with Crippen LogP contribution >= 0.6 is 24.0 Å². The van der Waals surface area contributed by atoms with Gasteiger partial charge in [0.25, 0.3) is 0 Å². The number of likely N-dealkylation sites (tertiary alicyclic amines) is 1. The Labute approximate surface area is 205 Å². The predicted octanol–water partition coefficient (Wildman–Crippen LogP) is 3.64. The van der Waals surface area contributed by atoms with Gasteiger partial charge in [-0.1, -0.05) is 31.2 Å². The monoisotopic (exact) mass is 544 g/mol. The van der Waals surface area contributed by atoms with Gasteiger partial charge >= 0.3 is 0 Å². The largest absolute Gasteiger partial charge is 0.381 e. The van der Waals surface area contributed by atoms with Crippen molar-refractivity contribution < 1.29 is 9.47 Å². The summed E-state index contributed by atoms with van der Waals surface area (Å²) in [4.78, 5) is 6.95. The van der Waals surface area contributed by atoms with E-state index in [-0.39, 0.29) is 24.0 Å². The topological polar surface area (TPSA) is 58.1 Å². The lowest BCUT2D eigenvalue weighted by atomic mass is 9.98. The van der Waals surface area contributed by atoms with Crippen LogP contribution in [0.15, 0.2) is 29.3 Å². The smallest absolute Gasteiger partial charge is 0.191 e. The molecule has 2 heterocycles. The SMILES string of the molecule is CN=C(NCCCOCC1CCOC1)NCc1ccccc1CN1CCC(C)CC1.I. The van der Waals surface area contributed by atoms with E-state index in [1.165, 1.54) is 37.1 Å². The molecule has 2 N–H and O–H groups in total. The van der Waals surface area contributed by atoms with Crippen molar-refractivity contribution in [3.63, 3.8) is 0 Å². The first kappa shape index (κ1) is 26.4. The highest BCUT2D eigenvalue weighted by molar-refractivity contribution is 14.0. The highest BCUT2D eigenvalue weighted by atomic mass is 127. The van der Waals surface area contributed by atoms with Crippen LogP contribution in [-0.4, -0.2) is 64.0 Å². The van der Waals surface area contributed by atoms with Gasteiger partial charge in [-0.05, 0) is 55.8 Å². The molecule has 0 bridgehead atoms. The zero-order chi connectivity index (χ0) is 21.0. The molecular formula is C24H41IN4O2. The number of halogens is 1. The summed E-state index contributed by atoms with van der Waals surface area (Å²) in [5.74, 6) is 2.30. The Morgan fingerprint density at radius 3 is 2.65 bits per heavy atom. The minimum Gasteiger partial charge on any atom is -0.381 e. The van der Waals surface area contributed by atoms with Gasteiger partial charge in [-0.15, -0.1) is 24.0 Å². The van der Waals surface area contributed by atoms with Crippen LogP contribution < -0.4 is 10.6 Å². The van der Waals surface area contributed by atoms with E-state index in [0.717, 1.165) is 70.8 Å². The molecule has 1 aromatic carbocycles. The third-order valence-corrected chi connectivity index (χ3v) is 6.19. The number of rotatable bonds is 10. The molecule has 6 nitrogen and oxygen atoms in total. The van der Waals surface area contributed by atoms with Gasteiger partial charge in [-0.25, -0.2) is 0 Å². The fraction of sp³-hybridized carbons (Fsp3) is 0.708. The van der Waals surface area contributed by atoms with E-state index in [0.29, 0.717) is 5.92 Å². The quantitative estimate of drug-likeness (QED) is 0.204. The first-order chi connectivity index (χ1) is 14.7. The van der Waals surface area contributed by atoms with E-state index in [1.54, 1.807) is 0 Å². The molecule has 1 aromatic rings. The molecule has 1 unspecified atom stereocenters. The van der Waals surface area contributed by atoms with E-state index in [2.05, 4.69) is 51.7 Å². The summed E-state index contributed by atoms with van der Waals surface area (Å²) < 4.78 is 11.2. The van der Waals surface area contributed by atoms with Crippen LogP contribution in [0.5, 0.6) is 0 Å². The van der Waals surface area contributed by atoms with Gasteiger partial charge in [0.15, 0.2) is 5.96 Å². The number of piperidine rings is 1. The molecule has 1 atom stereocenters. The van der Waals surface area contributed by atoms with Gasteiger partial charge in [-0.2, -0.15) is 0 Å². The van der Waals surface area contributed by atoms with E-state index >= 15 is 0 Å². The second-order valence-corrected chi connectivity index (χ2v) is 8.74. The minimum atomic E-state index is 0. The first-order valence-corrected chi connectivity index (χ1v) is 11.6. The van der Waals surface area contributed by atoms with Crippen LogP contribution in [0.2, 0.25) is 0 Å². The molecule has 0 amide bonds. The summed E-state index contributed by atoms with van der Waals surface area (Å²) in [6.07, 6.45) is 4.73. The van der Waals surface area contributed by atoms with Crippen molar-refractivity contribution >= 4 is 29.9 Å². The maximum Gasteiger partial charge on any atom is 0.191 e. The zero-order valence-electron chi connectivity index (χ0n) is 19.3. The molecule has 0 aromatic heterocycles. The molecular weight excluding hydrogens is 503 g/mol. The highest BCUT2D eigenvalue weighted by Crippen LogP contribution is 2.19. The Morgan fingerprint density at radius 2 is 1.94 bits per heavy atom. The van der Waals surface area contributed by atoms with Crippen molar-refractivity contribution in [2.24, 2.45) is 16.8 Å². The molecule has 0 saturated carbocycles. The van der Waals surface area contributed by atoms with Crippen molar-refractivity contribution in [1.29, 1.82) is 0 Å². The van der Waals surface area contributed by atoms with Crippen LogP contribution in [0, 0.1) is 11.8 Å². The van der Waals surface area contributed by atoms with Gasteiger partial charge in [0, 0.05) is 45.8 Å². The van der Waals surface area contributed by atoms with Gasteiger partial charge < -0.3 is 20.1 Å². The number of hydrogen-bond acceptors (Lipinski definition) is 4. The average Bonchev–Trinajstić information content (AvgIpc) is 3.29. The molecule has 2 aliphatic rings. The van der Waals surface area contributed by atoms with Crippen LogP contribution in [0.4, 0.5) is 0 Å². The summed E-state index contributed by atoms with van der Waals surface area (Å²) in [6, 6.07) is 8.76. The Bertz CT molecular complexity index is 644. The lowest BCUT2D eigenvalue weighted by Gasteiger charge is -2.30. The summed E-state index contributed by atoms with van der Waals surface area (Å²) in [5.41, 5.74) is 2.76. The number of guanidine groups is 1. The minimum absolute atomic E-state index is 0. The fourth-order valence-electron chi connectivity index (χ4n) is 4.09. The molecule has 2 fully saturated rings. The van der Waals surface area contributed by atoms with Crippen molar-refractivity contribution in [2.75, 3.05) is 53.1 Å². The predicted molar refractivity (Wildman–Crippen MR) is 138 cm³/mol. The van der Waals surface area contributed by atoms with E-state index < -0.39 is 0 Å². The average molecular weight is 545 g/mol. The molecule has 7 heteroatoms. The number of nitrogens with one attached hydrogen (secondary N) is 2. The van der Waals surface area contributed by atoms with E-state index in [4.69, 9.17) is 9.47 Å². The van der Waals surface area contributed by atoms with Crippen molar-refractivity contribution in [3.8, 4) is 0 Å². The molecule has 31 heavy (non-hydrogen) atoms. The Balaban J connectivity index is 0.00000341. The number of aliphatic imine (C=N–C) groups is 1.